The van der Waals surface area contributed by atoms with Gasteiger partial charge < -0.3 is 10.2 Å². The van der Waals surface area contributed by atoms with Crippen LogP contribution in [0.1, 0.15) is 5.56 Å². The summed E-state index contributed by atoms with van der Waals surface area (Å²) < 4.78 is 0. The zero-order valence-electron chi connectivity index (χ0n) is 8.19. The van der Waals surface area contributed by atoms with Crippen molar-refractivity contribution in [1.82, 2.24) is 0 Å². The molecule has 0 bridgehead atoms. The first-order valence-electron chi connectivity index (χ1n) is 4.65. The predicted molar refractivity (Wildman–Crippen MR) is 56.2 cm³/mol. The van der Waals surface area contributed by atoms with Crippen molar-refractivity contribution < 1.29 is 10.2 Å². The predicted octanol–water partition coefficient (Wildman–Crippen LogP) is 1.26. The van der Waals surface area contributed by atoms with Crippen molar-refractivity contribution in [1.29, 1.82) is 0 Å². The molecule has 80 valence electrons. The first kappa shape index (κ1) is 11.5. The lowest BCUT2D eigenvalue weighted by Gasteiger charge is -2.15. The molecule has 0 aliphatic rings. The van der Waals surface area contributed by atoms with Crippen LogP contribution in [0, 0.1) is 0 Å². The van der Waals surface area contributed by atoms with Crippen molar-refractivity contribution in [3.63, 3.8) is 0 Å². The van der Waals surface area contributed by atoms with Crippen LogP contribution >= 0.6 is 0 Å². The molecule has 1 rings (SSSR count). The van der Waals surface area contributed by atoms with Crippen molar-refractivity contribution >= 4 is 0 Å². The molecule has 0 spiro atoms. The van der Waals surface area contributed by atoms with Crippen LogP contribution in [0.4, 0.5) is 0 Å². The van der Waals surface area contributed by atoms with Gasteiger partial charge in [-0.05, 0) is 17.5 Å². The third kappa shape index (κ3) is 3.59. The Kier molecular flexibility index (Phi) is 4.63. The standard InChI is InChI=1S/C10H13N3O2/c11-13-12-9(10(15)7-14)6-8-4-2-1-3-5-8/h1-5,9-10,14-15H,6-7H2/t9-,10+/m1/s1. The van der Waals surface area contributed by atoms with Gasteiger partial charge in [-0.3, -0.25) is 0 Å². The summed E-state index contributed by atoms with van der Waals surface area (Å²) in [6.07, 6.45) is -0.590. The summed E-state index contributed by atoms with van der Waals surface area (Å²) in [7, 11) is 0. The van der Waals surface area contributed by atoms with Crippen molar-refractivity contribution in [2.45, 2.75) is 18.6 Å². The first-order chi connectivity index (χ1) is 7.27. The molecule has 1 aromatic carbocycles. The summed E-state index contributed by atoms with van der Waals surface area (Å²) in [4.78, 5) is 2.66. The summed E-state index contributed by atoms with van der Waals surface area (Å²) in [5.74, 6) is 0. The molecule has 0 saturated carbocycles. The van der Waals surface area contributed by atoms with Gasteiger partial charge in [0.1, 0.15) is 0 Å². The zero-order valence-corrected chi connectivity index (χ0v) is 8.19. The molecule has 0 aromatic heterocycles. The van der Waals surface area contributed by atoms with Gasteiger partial charge in [0.05, 0.1) is 18.8 Å². The quantitative estimate of drug-likeness (QED) is 0.432. The highest BCUT2D eigenvalue weighted by Crippen LogP contribution is 2.09. The number of benzene rings is 1. The smallest absolute Gasteiger partial charge is 0.0858 e. The van der Waals surface area contributed by atoms with Crippen LogP contribution in [-0.4, -0.2) is 29.0 Å². The minimum Gasteiger partial charge on any atom is -0.394 e. The van der Waals surface area contributed by atoms with E-state index in [-0.39, 0.29) is 0 Å². The van der Waals surface area contributed by atoms with Crippen molar-refractivity contribution in [3.05, 3.63) is 46.3 Å². The Hall–Kier alpha value is -1.55. The topological polar surface area (TPSA) is 89.2 Å². The Morgan fingerprint density at radius 1 is 1.33 bits per heavy atom. The molecule has 5 heteroatoms. The minimum atomic E-state index is -1.01. The Morgan fingerprint density at radius 3 is 2.53 bits per heavy atom. The van der Waals surface area contributed by atoms with Crippen LogP contribution in [0.3, 0.4) is 0 Å². The highest BCUT2D eigenvalue weighted by atomic mass is 16.3. The van der Waals surface area contributed by atoms with E-state index >= 15 is 0 Å². The molecule has 2 N–H and O–H groups in total. The molecular weight excluding hydrogens is 194 g/mol. The van der Waals surface area contributed by atoms with Gasteiger partial charge in [-0.1, -0.05) is 35.4 Å². The number of nitrogens with zero attached hydrogens (tertiary/aromatic N) is 3. The molecule has 0 unspecified atom stereocenters. The van der Waals surface area contributed by atoms with Crippen LogP contribution in [-0.2, 0) is 6.42 Å². The highest BCUT2D eigenvalue weighted by molar-refractivity contribution is 5.16. The fraction of sp³-hybridized carbons (Fsp3) is 0.400. The molecule has 0 amide bonds. The second-order valence-corrected chi connectivity index (χ2v) is 3.21. The van der Waals surface area contributed by atoms with E-state index in [1.165, 1.54) is 0 Å². The lowest BCUT2D eigenvalue weighted by atomic mass is 10.0. The minimum absolute atomic E-state index is 0.406. The van der Waals surface area contributed by atoms with E-state index in [1.54, 1.807) is 0 Å². The van der Waals surface area contributed by atoms with Gasteiger partial charge in [-0.2, -0.15) is 0 Å². The Balaban J connectivity index is 2.71. The van der Waals surface area contributed by atoms with E-state index in [2.05, 4.69) is 10.0 Å². The lowest BCUT2D eigenvalue weighted by Crippen LogP contribution is -2.29. The zero-order chi connectivity index (χ0) is 11.1. The molecule has 0 aliphatic heterocycles. The number of hydrogen-bond acceptors (Lipinski definition) is 3. The van der Waals surface area contributed by atoms with Gasteiger partial charge in [0, 0.05) is 4.91 Å². The number of hydrogen-bond donors (Lipinski definition) is 2. The van der Waals surface area contributed by atoms with Crippen molar-refractivity contribution in [2.75, 3.05) is 6.61 Å². The van der Waals surface area contributed by atoms with Gasteiger partial charge >= 0.3 is 0 Å². The molecule has 0 fully saturated rings. The molecule has 2 atom stereocenters. The molecule has 1 aromatic rings. The van der Waals surface area contributed by atoms with Crippen LogP contribution < -0.4 is 0 Å². The van der Waals surface area contributed by atoms with E-state index in [1.807, 2.05) is 30.3 Å². The van der Waals surface area contributed by atoms with E-state index in [0.29, 0.717) is 6.42 Å². The van der Waals surface area contributed by atoms with E-state index in [9.17, 15) is 5.11 Å². The Morgan fingerprint density at radius 2 is 2.00 bits per heavy atom. The van der Waals surface area contributed by atoms with Crippen molar-refractivity contribution in [2.24, 2.45) is 5.11 Å². The van der Waals surface area contributed by atoms with Gasteiger partial charge in [-0.25, -0.2) is 0 Å². The number of azide groups is 1. The number of aliphatic hydroxyl groups is 2. The van der Waals surface area contributed by atoms with Gasteiger partial charge in [0.15, 0.2) is 0 Å². The molecule has 0 aliphatic carbocycles. The van der Waals surface area contributed by atoms with Gasteiger partial charge in [0.2, 0.25) is 0 Å². The maximum absolute atomic E-state index is 9.40. The maximum Gasteiger partial charge on any atom is 0.0858 e. The third-order valence-electron chi connectivity index (χ3n) is 2.12. The SMILES string of the molecule is [N-]=[N+]=N[C@H](Cc1ccccc1)[C@@H](O)CO. The molecule has 0 saturated heterocycles. The van der Waals surface area contributed by atoms with Gasteiger partial charge in [0.25, 0.3) is 0 Å². The van der Waals surface area contributed by atoms with Crippen LogP contribution in [0.25, 0.3) is 10.4 Å². The summed E-state index contributed by atoms with van der Waals surface area (Å²) in [6, 6.07) is 8.76. The lowest BCUT2D eigenvalue weighted by molar-refractivity contribution is 0.0743. The summed E-state index contributed by atoms with van der Waals surface area (Å²) in [6.45, 7) is -0.406. The fourth-order valence-electron chi connectivity index (χ4n) is 1.30. The average Bonchev–Trinajstić information content (AvgIpc) is 2.29. The van der Waals surface area contributed by atoms with Crippen LogP contribution in [0.15, 0.2) is 35.4 Å². The molecule has 5 nitrogen and oxygen atoms in total. The van der Waals surface area contributed by atoms with Gasteiger partial charge in [-0.15, -0.1) is 0 Å². The Labute approximate surface area is 87.6 Å². The van der Waals surface area contributed by atoms with Crippen molar-refractivity contribution in [3.8, 4) is 0 Å². The maximum atomic E-state index is 9.40. The second kappa shape index (κ2) is 6.03. The monoisotopic (exact) mass is 207 g/mol. The van der Waals surface area contributed by atoms with E-state index in [0.717, 1.165) is 5.56 Å². The summed E-state index contributed by atoms with van der Waals surface area (Å²) in [5, 5.41) is 21.6. The molecule has 15 heavy (non-hydrogen) atoms. The normalized spacial score (nSPS) is 14.0. The van der Waals surface area contributed by atoms with E-state index < -0.39 is 18.8 Å². The first-order valence-corrected chi connectivity index (χ1v) is 4.65. The number of rotatable bonds is 5. The second-order valence-electron chi connectivity index (χ2n) is 3.21. The fourth-order valence-corrected chi connectivity index (χ4v) is 1.30. The Bertz CT molecular complexity index is 336. The van der Waals surface area contributed by atoms with E-state index in [4.69, 9.17) is 10.6 Å². The average molecular weight is 207 g/mol. The highest BCUT2D eigenvalue weighted by Gasteiger charge is 2.16. The molecular formula is C10H13N3O2. The summed E-state index contributed by atoms with van der Waals surface area (Å²) >= 11 is 0. The molecule has 0 radical (unpaired) electrons. The number of aliphatic hydroxyl groups excluding tert-OH is 2. The molecule has 0 heterocycles. The summed E-state index contributed by atoms with van der Waals surface area (Å²) in [5.41, 5.74) is 9.29. The van der Waals surface area contributed by atoms with Crippen LogP contribution in [0.2, 0.25) is 0 Å². The third-order valence-corrected chi connectivity index (χ3v) is 2.12. The largest absolute Gasteiger partial charge is 0.394 e. The van der Waals surface area contributed by atoms with Crippen LogP contribution in [0.5, 0.6) is 0 Å².